The molecule has 1 aliphatic carbocycles. The summed E-state index contributed by atoms with van der Waals surface area (Å²) < 4.78 is 0. The minimum atomic E-state index is -0.422. The molecule has 94 valence electrons. The SMILES string of the molecule is CC(O)CCNC(=O)c1n[nH]c(C2CC2)c1N. The summed E-state index contributed by atoms with van der Waals surface area (Å²) in [6.45, 7) is 2.10. The molecule has 1 aliphatic rings. The van der Waals surface area contributed by atoms with Gasteiger partial charge in [-0.25, -0.2) is 0 Å². The third kappa shape index (κ3) is 2.76. The van der Waals surface area contributed by atoms with E-state index in [-0.39, 0.29) is 11.6 Å². The van der Waals surface area contributed by atoms with Crippen molar-refractivity contribution >= 4 is 11.6 Å². The minimum absolute atomic E-state index is 0.262. The zero-order valence-electron chi connectivity index (χ0n) is 9.86. The van der Waals surface area contributed by atoms with Crippen LogP contribution in [0.25, 0.3) is 0 Å². The maximum Gasteiger partial charge on any atom is 0.273 e. The van der Waals surface area contributed by atoms with Crippen LogP contribution >= 0.6 is 0 Å². The van der Waals surface area contributed by atoms with E-state index in [1.165, 1.54) is 0 Å². The highest BCUT2D eigenvalue weighted by atomic mass is 16.3. The van der Waals surface area contributed by atoms with Crippen LogP contribution in [0, 0.1) is 0 Å². The highest BCUT2D eigenvalue weighted by Crippen LogP contribution is 2.42. The molecular formula is C11H18N4O2. The van der Waals surface area contributed by atoms with Crippen LogP contribution in [0.3, 0.4) is 0 Å². The van der Waals surface area contributed by atoms with Crippen LogP contribution in [-0.2, 0) is 0 Å². The third-order valence-corrected chi connectivity index (χ3v) is 2.88. The van der Waals surface area contributed by atoms with Crippen LogP contribution in [0.2, 0.25) is 0 Å². The molecule has 0 radical (unpaired) electrons. The van der Waals surface area contributed by atoms with Gasteiger partial charge in [-0.15, -0.1) is 0 Å². The fraction of sp³-hybridized carbons (Fsp3) is 0.636. The second-order valence-corrected chi connectivity index (χ2v) is 4.57. The number of amides is 1. The van der Waals surface area contributed by atoms with Gasteiger partial charge in [0, 0.05) is 12.5 Å². The quantitative estimate of drug-likeness (QED) is 0.595. The van der Waals surface area contributed by atoms with Gasteiger partial charge in [-0.3, -0.25) is 9.89 Å². The number of carbonyl (C=O) groups excluding carboxylic acids is 1. The smallest absolute Gasteiger partial charge is 0.273 e. The van der Waals surface area contributed by atoms with Crippen molar-refractivity contribution in [1.29, 1.82) is 0 Å². The summed E-state index contributed by atoms with van der Waals surface area (Å²) in [6, 6.07) is 0. The summed E-state index contributed by atoms with van der Waals surface area (Å²) >= 11 is 0. The maximum atomic E-state index is 11.7. The molecule has 1 saturated carbocycles. The van der Waals surface area contributed by atoms with E-state index in [2.05, 4.69) is 15.5 Å². The lowest BCUT2D eigenvalue weighted by Crippen LogP contribution is -2.27. The summed E-state index contributed by atoms with van der Waals surface area (Å²) in [7, 11) is 0. The average molecular weight is 238 g/mol. The number of nitrogens with two attached hydrogens (primary N) is 1. The van der Waals surface area contributed by atoms with Gasteiger partial charge in [0.15, 0.2) is 5.69 Å². The van der Waals surface area contributed by atoms with E-state index in [0.29, 0.717) is 24.6 Å². The molecule has 1 aromatic rings. The number of hydrogen-bond acceptors (Lipinski definition) is 4. The highest BCUT2D eigenvalue weighted by Gasteiger charge is 2.30. The van der Waals surface area contributed by atoms with Gasteiger partial charge in [0.25, 0.3) is 5.91 Å². The van der Waals surface area contributed by atoms with Gasteiger partial charge in [0.05, 0.1) is 17.5 Å². The van der Waals surface area contributed by atoms with Crippen LogP contribution in [0.5, 0.6) is 0 Å². The molecule has 1 aromatic heterocycles. The van der Waals surface area contributed by atoms with Gasteiger partial charge in [0.2, 0.25) is 0 Å². The van der Waals surface area contributed by atoms with Crippen molar-refractivity contribution < 1.29 is 9.90 Å². The number of aromatic nitrogens is 2. The van der Waals surface area contributed by atoms with Crippen molar-refractivity contribution in [1.82, 2.24) is 15.5 Å². The Hall–Kier alpha value is -1.56. The standard InChI is InChI=1S/C11H18N4O2/c1-6(16)4-5-13-11(17)10-8(12)9(14-15-10)7-2-3-7/h6-7,16H,2-5,12H2,1H3,(H,13,17)(H,14,15). The average Bonchev–Trinajstić information content (AvgIpc) is 3.02. The number of aromatic amines is 1. The molecule has 0 saturated heterocycles. The molecule has 0 bridgehead atoms. The number of H-pyrrole nitrogens is 1. The molecule has 6 heteroatoms. The van der Waals surface area contributed by atoms with Crippen LogP contribution in [0.4, 0.5) is 5.69 Å². The summed E-state index contributed by atoms with van der Waals surface area (Å²) in [5, 5.41) is 18.5. The number of nitrogens with one attached hydrogen (secondary N) is 2. The number of hydrogen-bond donors (Lipinski definition) is 4. The Morgan fingerprint density at radius 1 is 1.71 bits per heavy atom. The topological polar surface area (TPSA) is 104 Å². The molecular weight excluding hydrogens is 220 g/mol. The first kappa shape index (κ1) is 11.9. The Bertz CT molecular complexity index is 410. The third-order valence-electron chi connectivity index (χ3n) is 2.88. The van der Waals surface area contributed by atoms with Gasteiger partial charge >= 0.3 is 0 Å². The molecule has 2 rings (SSSR count). The highest BCUT2D eigenvalue weighted by molar-refractivity contribution is 5.97. The lowest BCUT2D eigenvalue weighted by molar-refractivity contribution is 0.0941. The number of aliphatic hydroxyl groups is 1. The molecule has 1 amide bonds. The van der Waals surface area contributed by atoms with Crippen LogP contribution in [0.1, 0.15) is 48.3 Å². The number of nitrogens with zero attached hydrogens (tertiary/aromatic N) is 1. The Kier molecular flexibility index (Phi) is 3.33. The van der Waals surface area contributed by atoms with E-state index < -0.39 is 6.10 Å². The van der Waals surface area contributed by atoms with Crippen LogP contribution in [0.15, 0.2) is 0 Å². The summed E-state index contributed by atoms with van der Waals surface area (Å²) in [5.74, 6) is 0.160. The first-order valence-corrected chi connectivity index (χ1v) is 5.89. The van der Waals surface area contributed by atoms with Gasteiger partial charge in [-0.2, -0.15) is 5.10 Å². The summed E-state index contributed by atoms with van der Waals surface area (Å²) in [4.78, 5) is 11.7. The molecule has 1 unspecified atom stereocenters. The molecule has 5 N–H and O–H groups in total. The zero-order chi connectivity index (χ0) is 12.4. The molecule has 0 spiro atoms. The van der Waals surface area contributed by atoms with Crippen molar-refractivity contribution in [3.63, 3.8) is 0 Å². The fourth-order valence-corrected chi connectivity index (χ4v) is 1.70. The first-order valence-electron chi connectivity index (χ1n) is 5.89. The molecule has 1 fully saturated rings. The predicted octanol–water partition coefficient (Wildman–Crippen LogP) is 0.370. The number of carbonyl (C=O) groups is 1. The van der Waals surface area contributed by atoms with E-state index in [1.807, 2.05) is 0 Å². The molecule has 1 heterocycles. The van der Waals surface area contributed by atoms with Crippen molar-refractivity contribution in [2.45, 2.75) is 38.2 Å². The maximum absolute atomic E-state index is 11.7. The van der Waals surface area contributed by atoms with E-state index in [4.69, 9.17) is 10.8 Å². The molecule has 0 aliphatic heterocycles. The van der Waals surface area contributed by atoms with Crippen molar-refractivity contribution in [2.24, 2.45) is 0 Å². The van der Waals surface area contributed by atoms with E-state index in [0.717, 1.165) is 18.5 Å². The fourth-order valence-electron chi connectivity index (χ4n) is 1.70. The van der Waals surface area contributed by atoms with Crippen molar-refractivity contribution in [3.05, 3.63) is 11.4 Å². The zero-order valence-corrected chi connectivity index (χ0v) is 9.86. The molecule has 0 aromatic carbocycles. The van der Waals surface area contributed by atoms with Gasteiger partial charge in [-0.05, 0) is 26.2 Å². The Balaban J connectivity index is 1.94. The summed E-state index contributed by atoms with van der Waals surface area (Å²) in [5.41, 5.74) is 7.47. The molecule has 1 atom stereocenters. The predicted molar refractivity (Wildman–Crippen MR) is 63.6 cm³/mol. The van der Waals surface area contributed by atoms with E-state index in [9.17, 15) is 4.79 Å². The first-order chi connectivity index (χ1) is 8.09. The summed E-state index contributed by atoms with van der Waals surface area (Å²) in [6.07, 6.45) is 2.31. The largest absolute Gasteiger partial charge is 0.395 e. The van der Waals surface area contributed by atoms with Gasteiger partial charge < -0.3 is 16.2 Å². The van der Waals surface area contributed by atoms with Crippen molar-refractivity contribution in [3.8, 4) is 0 Å². The molecule has 17 heavy (non-hydrogen) atoms. The second-order valence-electron chi connectivity index (χ2n) is 4.57. The van der Waals surface area contributed by atoms with Crippen molar-refractivity contribution in [2.75, 3.05) is 12.3 Å². The lowest BCUT2D eigenvalue weighted by Gasteiger charge is -2.05. The lowest BCUT2D eigenvalue weighted by atomic mass is 10.2. The number of aliphatic hydroxyl groups excluding tert-OH is 1. The number of nitrogen functional groups attached to an aromatic ring is 1. The van der Waals surface area contributed by atoms with Crippen LogP contribution in [-0.4, -0.2) is 33.9 Å². The number of rotatable bonds is 5. The van der Waals surface area contributed by atoms with Crippen LogP contribution < -0.4 is 11.1 Å². The monoisotopic (exact) mass is 238 g/mol. The van der Waals surface area contributed by atoms with Gasteiger partial charge in [-0.1, -0.05) is 0 Å². The van der Waals surface area contributed by atoms with Gasteiger partial charge in [0.1, 0.15) is 0 Å². The molecule has 6 nitrogen and oxygen atoms in total. The minimum Gasteiger partial charge on any atom is -0.395 e. The normalized spacial score (nSPS) is 16.8. The van der Waals surface area contributed by atoms with E-state index >= 15 is 0 Å². The Morgan fingerprint density at radius 3 is 3.00 bits per heavy atom. The second kappa shape index (κ2) is 4.75. The van der Waals surface area contributed by atoms with E-state index in [1.54, 1.807) is 6.92 Å². The number of anilines is 1. The Morgan fingerprint density at radius 2 is 2.41 bits per heavy atom. The Labute approximate surface area is 99.6 Å².